The van der Waals surface area contributed by atoms with E-state index >= 15 is 0 Å². The first kappa shape index (κ1) is 30.4. The fraction of sp³-hybridized carbons (Fsp3) is 0.417. The summed E-state index contributed by atoms with van der Waals surface area (Å²) in [6.07, 6.45) is 3.05. The third-order valence-corrected chi connectivity index (χ3v) is 9.55. The highest BCUT2D eigenvalue weighted by Crippen LogP contribution is 2.35. The Morgan fingerprint density at radius 3 is 2.46 bits per heavy atom. The summed E-state index contributed by atoms with van der Waals surface area (Å²) in [7, 11) is 2.14. The maximum Gasteiger partial charge on any atom is 0.320 e. The topological polar surface area (TPSA) is 74.3 Å². The number of benzene rings is 3. The summed E-state index contributed by atoms with van der Waals surface area (Å²) in [5.41, 5.74) is 4.08. The summed E-state index contributed by atoms with van der Waals surface area (Å²) in [5.74, 6) is 0.505. The SMILES string of the molecule is CN1CCC[C@H]1COc1nc2c(c(N3CCN(CC(=O)OCc4ccccc4)CC3)n1)CCN(c1ccc(F)c3ccccc13)C2. The van der Waals surface area contributed by atoms with Crippen LogP contribution in [-0.4, -0.2) is 91.2 Å². The summed E-state index contributed by atoms with van der Waals surface area (Å²) < 4.78 is 26.5. The molecule has 0 radical (unpaired) electrons. The number of aromatic nitrogens is 2. The summed E-state index contributed by atoms with van der Waals surface area (Å²) in [6, 6.07) is 21.6. The Kier molecular flexibility index (Phi) is 8.98. The molecule has 2 saturated heterocycles. The van der Waals surface area contributed by atoms with Crippen LogP contribution in [0.4, 0.5) is 15.9 Å². The molecule has 0 saturated carbocycles. The van der Waals surface area contributed by atoms with Gasteiger partial charge in [0.15, 0.2) is 0 Å². The van der Waals surface area contributed by atoms with Gasteiger partial charge in [0.25, 0.3) is 0 Å². The minimum absolute atomic E-state index is 0.210. The minimum Gasteiger partial charge on any atom is -0.462 e. The number of nitrogens with zero attached hydrogens (tertiary/aromatic N) is 6. The van der Waals surface area contributed by atoms with E-state index in [0.717, 1.165) is 85.8 Å². The number of esters is 1. The van der Waals surface area contributed by atoms with Crippen LogP contribution < -0.4 is 14.5 Å². The van der Waals surface area contributed by atoms with Crippen LogP contribution in [0.15, 0.2) is 66.7 Å². The van der Waals surface area contributed by atoms with Gasteiger partial charge >= 0.3 is 12.0 Å². The Balaban J connectivity index is 1.08. The molecule has 2 fully saturated rings. The van der Waals surface area contributed by atoms with Crippen LogP contribution in [0.3, 0.4) is 0 Å². The third-order valence-electron chi connectivity index (χ3n) is 9.55. The molecule has 0 amide bonds. The van der Waals surface area contributed by atoms with Crippen LogP contribution in [0.2, 0.25) is 0 Å². The van der Waals surface area contributed by atoms with Gasteiger partial charge in [-0.05, 0) is 50.6 Å². The van der Waals surface area contributed by atoms with Crippen LogP contribution in [0.1, 0.15) is 29.7 Å². The Morgan fingerprint density at radius 2 is 1.67 bits per heavy atom. The number of piperazine rings is 1. The number of carbonyl (C=O) groups is 1. The average molecular weight is 625 g/mol. The molecule has 240 valence electrons. The number of halogens is 1. The van der Waals surface area contributed by atoms with Crippen molar-refractivity contribution in [2.75, 3.05) is 69.3 Å². The lowest BCUT2D eigenvalue weighted by Crippen LogP contribution is -2.49. The normalized spacial score (nSPS) is 19.0. The number of rotatable bonds is 9. The van der Waals surface area contributed by atoms with Crippen LogP contribution >= 0.6 is 0 Å². The van der Waals surface area contributed by atoms with Crippen LogP contribution in [0, 0.1) is 5.82 Å². The predicted molar refractivity (Wildman–Crippen MR) is 177 cm³/mol. The van der Waals surface area contributed by atoms with Crippen LogP contribution in [0.5, 0.6) is 6.01 Å². The highest BCUT2D eigenvalue weighted by Gasteiger charge is 2.30. The third kappa shape index (κ3) is 6.64. The largest absolute Gasteiger partial charge is 0.462 e. The molecule has 1 aromatic heterocycles. The van der Waals surface area contributed by atoms with Crippen molar-refractivity contribution in [3.8, 4) is 6.01 Å². The Labute approximate surface area is 269 Å². The molecule has 9 nitrogen and oxygen atoms in total. The molecule has 3 aliphatic heterocycles. The number of hydrogen-bond acceptors (Lipinski definition) is 9. The molecule has 0 bridgehead atoms. The Morgan fingerprint density at radius 1 is 0.891 bits per heavy atom. The van der Waals surface area contributed by atoms with Crippen molar-refractivity contribution in [2.24, 2.45) is 0 Å². The number of likely N-dealkylation sites (tertiary alicyclic amines) is 1. The molecule has 1 atom stereocenters. The lowest BCUT2D eigenvalue weighted by atomic mass is 10.0. The highest BCUT2D eigenvalue weighted by molar-refractivity contribution is 5.94. The van der Waals surface area contributed by atoms with Gasteiger partial charge in [-0.3, -0.25) is 9.69 Å². The maximum atomic E-state index is 14.6. The van der Waals surface area contributed by atoms with E-state index in [4.69, 9.17) is 19.4 Å². The second-order valence-electron chi connectivity index (χ2n) is 12.5. The molecular weight excluding hydrogens is 583 g/mol. The van der Waals surface area contributed by atoms with Gasteiger partial charge in [0.05, 0.1) is 18.8 Å². The molecule has 3 aliphatic rings. The van der Waals surface area contributed by atoms with Gasteiger partial charge in [-0.25, -0.2) is 4.39 Å². The Hall–Kier alpha value is -4.28. The van der Waals surface area contributed by atoms with Crippen molar-refractivity contribution >= 4 is 28.2 Å². The number of anilines is 2. The quantitative estimate of drug-likeness (QED) is 0.247. The number of ether oxygens (including phenoxy) is 2. The maximum absolute atomic E-state index is 14.6. The molecule has 10 heteroatoms. The van der Waals surface area contributed by atoms with Crippen molar-refractivity contribution in [3.63, 3.8) is 0 Å². The van der Waals surface area contributed by atoms with Crippen molar-refractivity contribution < 1.29 is 18.7 Å². The summed E-state index contributed by atoms with van der Waals surface area (Å²) in [4.78, 5) is 31.6. The lowest BCUT2D eigenvalue weighted by molar-refractivity contribution is -0.146. The first-order valence-electron chi connectivity index (χ1n) is 16.3. The van der Waals surface area contributed by atoms with Gasteiger partial charge in [-0.1, -0.05) is 54.6 Å². The number of fused-ring (bicyclic) bond motifs is 2. The second kappa shape index (κ2) is 13.6. The molecule has 0 unspecified atom stereocenters. The lowest BCUT2D eigenvalue weighted by Gasteiger charge is -2.38. The predicted octanol–water partition coefficient (Wildman–Crippen LogP) is 4.67. The van der Waals surface area contributed by atoms with Gasteiger partial charge in [0.2, 0.25) is 0 Å². The standard InChI is InChI=1S/C36H41FN6O3/c1-40-16-7-10-27(40)25-46-36-38-32-22-43(33-14-13-31(37)28-11-5-6-12-29(28)33)17-15-30(32)35(39-36)42-20-18-41(19-21-42)23-34(44)45-24-26-8-3-2-4-9-26/h2-6,8-9,11-14,27H,7,10,15-25H2,1H3/t27-/m0/s1. The smallest absolute Gasteiger partial charge is 0.320 e. The summed E-state index contributed by atoms with van der Waals surface area (Å²) in [6.45, 7) is 6.51. The van der Waals surface area contributed by atoms with Gasteiger partial charge in [-0.15, -0.1) is 0 Å². The van der Waals surface area contributed by atoms with E-state index in [0.29, 0.717) is 30.6 Å². The molecule has 0 spiro atoms. The van der Waals surface area contributed by atoms with Crippen molar-refractivity contribution in [2.45, 2.75) is 38.5 Å². The molecular formula is C36H41FN6O3. The van der Waals surface area contributed by atoms with E-state index in [2.05, 4.69) is 26.6 Å². The van der Waals surface area contributed by atoms with Crippen molar-refractivity contribution in [3.05, 3.63) is 89.4 Å². The monoisotopic (exact) mass is 624 g/mol. The molecule has 0 aliphatic carbocycles. The first-order chi connectivity index (χ1) is 22.5. The average Bonchev–Trinajstić information content (AvgIpc) is 3.51. The fourth-order valence-corrected chi connectivity index (χ4v) is 6.89. The van der Waals surface area contributed by atoms with Gasteiger partial charge in [0.1, 0.15) is 24.8 Å². The van der Waals surface area contributed by atoms with E-state index < -0.39 is 0 Å². The fourth-order valence-electron chi connectivity index (χ4n) is 6.89. The second-order valence-corrected chi connectivity index (χ2v) is 12.5. The van der Waals surface area contributed by atoms with Gasteiger partial charge in [-0.2, -0.15) is 9.97 Å². The zero-order valence-electron chi connectivity index (χ0n) is 26.4. The van der Waals surface area contributed by atoms with Crippen LogP contribution in [-0.2, 0) is 29.1 Å². The van der Waals surface area contributed by atoms with E-state index in [9.17, 15) is 9.18 Å². The molecule has 0 N–H and O–H groups in total. The number of likely N-dealkylation sites (N-methyl/N-ethyl adjacent to an activating group) is 1. The molecule has 7 rings (SSSR count). The highest BCUT2D eigenvalue weighted by atomic mass is 19.1. The zero-order valence-corrected chi connectivity index (χ0v) is 26.4. The van der Waals surface area contributed by atoms with E-state index in [1.807, 2.05) is 60.7 Å². The van der Waals surface area contributed by atoms with Crippen LogP contribution in [0.25, 0.3) is 10.8 Å². The minimum atomic E-state index is -0.211. The summed E-state index contributed by atoms with van der Waals surface area (Å²) in [5, 5.41) is 1.53. The van der Waals surface area contributed by atoms with Gasteiger partial charge in [0, 0.05) is 60.8 Å². The number of carbonyl (C=O) groups excluding carboxylic acids is 1. The van der Waals surface area contributed by atoms with Crippen molar-refractivity contribution in [1.29, 1.82) is 0 Å². The molecule has 3 aromatic carbocycles. The van der Waals surface area contributed by atoms with Crippen molar-refractivity contribution in [1.82, 2.24) is 19.8 Å². The number of hydrogen-bond donors (Lipinski definition) is 0. The molecule has 46 heavy (non-hydrogen) atoms. The molecule has 4 heterocycles. The Bertz CT molecular complexity index is 1680. The summed E-state index contributed by atoms with van der Waals surface area (Å²) >= 11 is 0. The van der Waals surface area contributed by atoms with E-state index in [-0.39, 0.29) is 24.9 Å². The zero-order chi connectivity index (χ0) is 31.5. The first-order valence-corrected chi connectivity index (χ1v) is 16.3. The van der Waals surface area contributed by atoms with Gasteiger partial charge < -0.3 is 24.2 Å². The molecule has 4 aromatic rings. The van der Waals surface area contributed by atoms with E-state index in [1.54, 1.807) is 6.07 Å². The van der Waals surface area contributed by atoms with E-state index in [1.165, 1.54) is 6.42 Å².